The van der Waals surface area contributed by atoms with Gasteiger partial charge in [-0.05, 0) is 35.4 Å². The highest BCUT2D eigenvalue weighted by molar-refractivity contribution is 6.32. The quantitative estimate of drug-likeness (QED) is 0.277. The lowest BCUT2D eigenvalue weighted by molar-refractivity contribution is -0.0584. The molecule has 0 saturated carbocycles. The van der Waals surface area contributed by atoms with Gasteiger partial charge >= 0.3 is 6.18 Å². The van der Waals surface area contributed by atoms with Crippen LogP contribution in [0.2, 0.25) is 0 Å². The normalized spacial score (nSPS) is 20.2. The van der Waals surface area contributed by atoms with Gasteiger partial charge in [0, 0.05) is 11.6 Å². The first-order valence-corrected chi connectivity index (χ1v) is 7.50. The maximum absolute atomic E-state index is 13.6. The smallest absolute Gasteiger partial charge is 0.204 e. The highest BCUT2D eigenvalue weighted by Gasteiger charge is 2.47. The van der Waals surface area contributed by atoms with Crippen molar-refractivity contribution in [2.45, 2.75) is 6.18 Å². The van der Waals surface area contributed by atoms with Gasteiger partial charge in [-0.2, -0.15) is 13.2 Å². The largest absolute Gasteiger partial charge is 0.439 e. The van der Waals surface area contributed by atoms with E-state index < -0.39 is 33.9 Å². The van der Waals surface area contributed by atoms with Gasteiger partial charge in [-0.25, -0.2) is 13.2 Å². The Morgan fingerprint density at radius 2 is 1.62 bits per heavy atom. The zero-order chi connectivity index (χ0) is 19.3. The summed E-state index contributed by atoms with van der Waals surface area (Å²) in [7, 11) is 1.27. The summed E-state index contributed by atoms with van der Waals surface area (Å²) >= 11 is 5.96. The van der Waals surface area contributed by atoms with Crippen LogP contribution in [0.1, 0.15) is 0 Å². The standard InChI is InChI=1S/C17H9ClF6N2/c1-26(15(18)8-14(25-26)17(22,23)24)13-5-3-2-4-10(13)9-6-11(19)16(21)12(20)7-9/h2-7H,1H3/q+1. The third kappa shape index (κ3) is 2.99. The molecule has 1 unspecified atom stereocenters. The van der Waals surface area contributed by atoms with E-state index in [1.165, 1.54) is 31.3 Å². The minimum Gasteiger partial charge on any atom is -0.204 e. The maximum Gasteiger partial charge on any atom is 0.439 e. The molecule has 26 heavy (non-hydrogen) atoms. The Bertz CT molecular complexity index is 928. The molecule has 0 bridgehead atoms. The number of halogens is 7. The van der Waals surface area contributed by atoms with E-state index in [4.69, 9.17) is 11.6 Å². The molecule has 0 aliphatic carbocycles. The predicted octanol–water partition coefficient (Wildman–Crippen LogP) is 5.52. The highest BCUT2D eigenvalue weighted by atomic mass is 35.5. The van der Waals surface area contributed by atoms with Crippen molar-refractivity contribution in [2.24, 2.45) is 5.10 Å². The molecule has 3 rings (SSSR count). The molecule has 2 nitrogen and oxygen atoms in total. The van der Waals surface area contributed by atoms with Crippen LogP contribution < -0.4 is 4.59 Å². The van der Waals surface area contributed by atoms with Crippen LogP contribution in [0.15, 0.2) is 46.7 Å². The first-order valence-electron chi connectivity index (χ1n) is 7.12. The molecular formula is C17H9ClF6N2+. The fourth-order valence-corrected chi connectivity index (χ4v) is 2.79. The molecule has 0 N–H and O–H groups in total. The third-order valence-electron chi connectivity index (χ3n) is 3.84. The molecule has 2 aromatic carbocycles. The minimum atomic E-state index is -4.76. The number of nitrogens with zero attached hydrogens (tertiary/aromatic N) is 2. The number of alkyl halides is 3. The molecule has 9 heteroatoms. The summed E-state index contributed by atoms with van der Waals surface area (Å²) in [6, 6.07) is 7.32. The average molecular weight is 391 g/mol. The number of rotatable bonds is 2. The number of quaternary nitrogens is 1. The molecule has 135 valence electrons. The van der Waals surface area contributed by atoms with Gasteiger partial charge in [0.05, 0.1) is 0 Å². The van der Waals surface area contributed by atoms with E-state index in [1.54, 1.807) is 0 Å². The fourth-order valence-electron chi connectivity index (χ4n) is 2.57. The van der Waals surface area contributed by atoms with Crippen LogP contribution in [-0.2, 0) is 0 Å². The Balaban J connectivity index is 2.21. The van der Waals surface area contributed by atoms with E-state index in [0.717, 1.165) is 12.1 Å². The van der Waals surface area contributed by atoms with Crippen LogP contribution in [0.5, 0.6) is 0 Å². The number of hydrogen-bond acceptors (Lipinski definition) is 1. The highest BCUT2D eigenvalue weighted by Crippen LogP contribution is 2.42. The van der Waals surface area contributed by atoms with Crippen molar-refractivity contribution in [1.29, 1.82) is 0 Å². The monoisotopic (exact) mass is 390 g/mol. The first kappa shape index (κ1) is 18.5. The molecule has 0 amide bonds. The van der Waals surface area contributed by atoms with Gasteiger partial charge in [-0.15, -0.1) is 4.59 Å². The van der Waals surface area contributed by atoms with E-state index in [1.807, 2.05) is 6.08 Å². The molecule has 1 heterocycles. The van der Waals surface area contributed by atoms with E-state index in [-0.39, 0.29) is 22.0 Å². The lowest BCUT2D eigenvalue weighted by atomic mass is 10.0. The summed E-state index contributed by atoms with van der Waals surface area (Å²) in [6.45, 7) is 0. The fraction of sp³-hybridized carbons (Fsp3) is 0.118. The zero-order valence-electron chi connectivity index (χ0n) is 13.0. The summed E-state index contributed by atoms with van der Waals surface area (Å²) < 4.78 is 78.4. The number of benzene rings is 2. The van der Waals surface area contributed by atoms with Gasteiger partial charge in [0.2, 0.25) is 10.9 Å². The van der Waals surface area contributed by atoms with Gasteiger partial charge < -0.3 is 0 Å². The van der Waals surface area contributed by atoms with Crippen LogP contribution in [0.25, 0.3) is 11.1 Å². The number of hydrogen-bond donors (Lipinski definition) is 0. The molecule has 1 aliphatic heterocycles. The summed E-state index contributed by atoms with van der Waals surface area (Å²) in [5, 5.41) is 3.20. The topological polar surface area (TPSA) is 12.4 Å². The van der Waals surface area contributed by atoms with Crippen LogP contribution in [0, 0.1) is 23.5 Å². The van der Waals surface area contributed by atoms with Gasteiger partial charge in [-0.1, -0.05) is 17.2 Å². The Kier molecular flexibility index (Phi) is 4.36. The van der Waals surface area contributed by atoms with Gasteiger partial charge in [0.25, 0.3) is 0 Å². The minimum absolute atomic E-state index is 0.0727. The molecular weight excluding hydrogens is 382 g/mol. The summed E-state index contributed by atoms with van der Waals surface area (Å²) in [6.07, 6.45) is -2.80. The Morgan fingerprint density at radius 1 is 1.04 bits per heavy atom. The van der Waals surface area contributed by atoms with Crippen molar-refractivity contribution < 1.29 is 26.3 Å². The molecule has 1 aliphatic rings. The summed E-state index contributed by atoms with van der Waals surface area (Å²) in [5.41, 5.74) is -1.14. The van der Waals surface area contributed by atoms with E-state index >= 15 is 0 Å². The van der Waals surface area contributed by atoms with Crippen molar-refractivity contribution >= 4 is 23.0 Å². The van der Waals surface area contributed by atoms with Gasteiger partial charge in [0.1, 0.15) is 13.1 Å². The second-order valence-corrected chi connectivity index (χ2v) is 5.95. The van der Waals surface area contributed by atoms with Crippen molar-refractivity contribution in [3.63, 3.8) is 0 Å². The van der Waals surface area contributed by atoms with Crippen LogP contribution in [-0.4, -0.2) is 18.9 Å². The predicted molar refractivity (Wildman–Crippen MR) is 85.6 cm³/mol. The van der Waals surface area contributed by atoms with E-state index in [0.29, 0.717) is 0 Å². The van der Waals surface area contributed by atoms with Gasteiger partial charge in [-0.3, -0.25) is 0 Å². The lowest BCUT2D eigenvalue weighted by Gasteiger charge is -2.25. The van der Waals surface area contributed by atoms with Crippen molar-refractivity contribution in [1.82, 2.24) is 4.59 Å². The zero-order valence-corrected chi connectivity index (χ0v) is 13.8. The van der Waals surface area contributed by atoms with Gasteiger partial charge in [0.15, 0.2) is 23.1 Å². The Morgan fingerprint density at radius 3 is 2.15 bits per heavy atom. The molecule has 2 aromatic rings. The molecule has 1 atom stereocenters. The van der Waals surface area contributed by atoms with Crippen molar-refractivity contribution in [3.05, 3.63) is 65.1 Å². The molecule has 0 spiro atoms. The summed E-state index contributed by atoms with van der Waals surface area (Å²) in [5.74, 6) is -4.49. The first-order chi connectivity index (χ1) is 12.0. The second-order valence-electron chi connectivity index (χ2n) is 5.59. The van der Waals surface area contributed by atoms with Crippen LogP contribution in [0.4, 0.5) is 32.0 Å². The molecule has 0 aromatic heterocycles. The van der Waals surface area contributed by atoms with Crippen LogP contribution >= 0.6 is 11.6 Å². The molecule has 0 saturated heterocycles. The third-order valence-corrected chi connectivity index (χ3v) is 4.26. The Labute approximate surface area is 149 Å². The van der Waals surface area contributed by atoms with Crippen LogP contribution in [0.3, 0.4) is 0 Å². The molecule has 1 radical (unpaired) electrons. The number of para-hydroxylation sites is 1. The lowest BCUT2D eigenvalue weighted by Crippen LogP contribution is -2.35. The Hall–Kier alpha value is -2.32. The second kappa shape index (κ2) is 6.14. The number of allylic oxidation sites excluding steroid dienone is 1. The molecule has 0 fully saturated rings. The van der Waals surface area contributed by atoms with Crippen molar-refractivity contribution in [2.75, 3.05) is 7.05 Å². The summed E-state index contributed by atoms with van der Waals surface area (Å²) in [4.78, 5) is 0. The maximum atomic E-state index is 13.6. The average Bonchev–Trinajstić information content (AvgIpc) is 2.89. The van der Waals surface area contributed by atoms with Crippen molar-refractivity contribution in [3.8, 4) is 11.1 Å². The van der Waals surface area contributed by atoms with E-state index in [9.17, 15) is 26.3 Å². The van der Waals surface area contributed by atoms with E-state index in [2.05, 4.69) is 5.10 Å². The SMILES string of the molecule is C[N+]1(c2ccccc2-c2cc(F)c(F)c(F)c2)N=C(C(F)(F)F)[C]=C1Cl.